The van der Waals surface area contributed by atoms with E-state index in [1.807, 2.05) is 0 Å². The van der Waals surface area contributed by atoms with Gasteiger partial charge in [-0.1, -0.05) is 6.92 Å². The van der Waals surface area contributed by atoms with Crippen LogP contribution in [-0.2, 0) is 12.8 Å². The Bertz CT molecular complexity index is 670. The van der Waals surface area contributed by atoms with Gasteiger partial charge in [0.2, 0.25) is 5.89 Å². The summed E-state index contributed by atoms with van der Waals surface area (Å²) in [6.45, 7) is 2.17. The molecule has 0 aliphatic heterocycles. The maximum Gasteiger partial charge on any atom is 0.348 e. The Morgan fingerprint density at radius 1 is 1.41 bits per heavy atom. The van der Waals surface area contributed by atoms with Gasteiger partial charge >= 0.3 is 5.63 Å². The molecule has 2 aliphatic carbocycles. The maximum absolute atomic E-state index is 12.1. The van der Waals surface area contributed by atoms with Gasteiger partial charge in [-0.15, -0.1) is 11.3 Å². The van der Waals surface area contributed by atoms with Crippen LogP contribution in [0.2, 0.25) is 0 Å². The van der Waals surface area contributed by atoms with Crippen LogP contribution in [0.5, 0.6) is 0 Å². The number of aromatic nitrogens is 1. The highest BCUT2D eigenvalue weighted by atomic mass is 32.1. The summed E-state index contributed by atoms with van der Waals surface area (Å²) >= 11 is 1.69. The van der Waals surface area contributed by atoms with Gasteiger partial charge in [0.25, 0.3) is 0 Å². The van der Waals surface area contributed by atoms with Crippen LogP contribution in [0.1, 0.15) is 42.0 Å². The van der Waals surface area contributed by atoms with Crippen molar-refractivity contribution in [2.75, 3.05) is 0 Å². The lowest BCUT2D eigenvalue weighted by molar-refractivity contribution is 0.441. The molecule has 0 saturated heterocycles. The summed E-state index contributed by atoms with van der Waals surface area (Å²) in [5, 5.41) is 0.763. The second-order valence-electron chi connectivity index (χ2n) is 5.20. The van der Waals surface area contributed by atoms with Crippen molar-refractivity contribution >= 4 is 21.6 Å². The molecule has 2 aromatic rings. The fraction of sp³-hybridized carbons (Fsp3) is 0.538. The summed E-state index contributed by atoms with van der Waals surface area (Å²) < 4.78 is 5.41. The largest absolute Gasteiger partial charge is 0.407 e. The van der Waals surface area contributed by atoms with Gasteiger partial charge in [-0.3, -0.25) is 0 Å². The Balaban J connectivity index is 1.97. The lowest BCUT2D eigenvalue weighted by atomic mass is 10.2. The van der Waals surface area contributed by atoms with Crippen LogP contribution >= 0.6 is 11.3 Å². The second-order valence-corrected chi connectivity index (χ2v) is 6.28. The average molecular weight is 247 g/mol. The molecule has 17 heavy (non-hydrogen) atoms. The van der Waals surface area contributed by atoms with Crippen LogP contribution in [0, 0.1) is 5.92 Å². The number of fused-ring (bicyclic) bond motifs is 3. The predicted molar refractivity (Wildman–Crippen MR) is 66.7 cm³/mol. The van der Waals surface area contributed by atoms with E-state index in [-0.39, 0.29) is 5.63 Å². The summed E-state index contributed by atoms with van der Waals surface area (Å²) in [5.41, 5.74) is 1.05. The van der Waals surface area contributed by atoms with Crippen molar-refractivity contribution in [3.8, 4) is 0 Å². The zero-order chi connectivity index (χ0) is 11.6. The highest BCUT2D eigenvalue weighted by Gasteiger charge is 2.38. The number of thiophene rings is 1. The maximum atomic E-state index is 12.1. The third-order valence-electron chi connectivity index (χ3n) is 3.94. The first-order valence-corrected chi connectivity index (χ1v) is 7.01. The fourth-order valence-electron chi connectivity index (χ4n) is 2.77. The Morgan fingerprint density at radius 2 is 2.24 bits per heavy atom. The lowest BCUT2D eigenvalue weighted by Gasteiger charge is -1.97. The first-order chi connectivity index (χ1) is 8.24. The molecular weight excluding hydrogens is 234 g/mol. The molecule has 0 bridgehead atoms. The summed E-state index contributed by atoms with van der Waals surface area (Å²) in [7, 11) is 0. The Hall–Kier alpha value is -1.16. The Labute approximate surface area is 102 Å². The van der Waals surface area contributed by atoms with Crippen molar-refractivity contribution < 1.29 is 4.42 Å². The monoisotopic (exact) mass is 247 g/mol. The van der Waals surface area contributed by atoms with Crippen molar-refractivity contribution in [3.63, 3.8) is 0 Å². The van der Waals surface area contributed by atoms with Crippen molar-refractivity contribution in [2.45, 2.75) is 38.5 Å². The van der Waals surface area contributed by atoms with E-state index in [1.54, 1.807) is 11.3 Å². The molecule has 1 saturated carbocycles. The second kappa shape index (κ2) is 3.19. The number of rotatable bonds is 1. The number of hydrogen-bond donors (Lipinski definition) is 0. The topological polar surface area (TPSA) is 43.1 Å². The van der Waals surface area contributed by atoms with Gasteiger partial charge in [0.15, 0.2) is 0 Å². The summed E-state index contributed by atoms with van der Waals surface area (Å²) in [6, 6.07) is 0. The molecule has 1 fully saturated rings. The molecule has 2 atom stereocenters. The molecule has 2 unspecified atom stereocenters. The first kappa shape index (κ1) is 9.83. The van der Waals surface area contributed by atoms with Crippen LogP contribution < -0.4 is 5.63 Å². The molecular formula is C13H13NO2S. The first-order valence-electron chi connectivity index (χ1n) is 6.19. The molecule has 2 aromatic heterocycles. The van der Waals surface area contributed by atoms with E-state index in [2.05, 4.69) is 11.9 Å². The molecule has 88 valence electrons. The van der Waals surface area contributed by atoms with E-state index in [0.29, 0.717) is 17.7 Å². The smallest absolute Gasteiger partial charge is 0.348 e. The van der Waals surface area contributed by atoms with Gasteiger partial charge in [-0.25, -0.2) is 9.78 Å². The highest BCUT2D eigenvalue weighted by Crippen LogP contribution is 2.46. The van der Waals surface area contributed by atoms with Gasteiger partial charge in [0.05, 0.1) is 0 Å². The standard InChI is InChI=1S/C13H13NO2S/c1-6-5-8(6)11-14-12-10(13(15)16-11)7-3-2-4-9(7)17-12/h6,8H,2-5H2,1H3. The third-order valence-corrected chi connectivity index (χ3v) is 5.13. The lowest BCUT2D eigenvalue weighted by Crippen LogP contribution is -2.04. The van der Waals surface area contributed by atoms with Crippen LogP contribution in [0.25, 0.3) is 10.2 Å². The SMILES string of the molecule is CC1CC1c1nc2sc3c(c2c(=O)o1)CCC3. The van der Waals surface area contributed by atoms with Gasteiger partial charge in [-0.05, 0) is 37.2 Å². The quantitative estimate of drug-likeness (QED) is 0.778. The van der Waals surface area contributed by atoms with Crippen LogP contribution in [0.15, 0.2) is 9.21 Å². The molecule has 2 aliphatic rings. The van der Waals surface area contributed by atoms with E-state index < -0.39 is 0 Å². The predicted octanol–water partition coefficient (Wildman–Crippen LogP) is 2.86. The van der Waals surface area contributed by atoms with E-state index in [4.69, 9.17) is 4.42 Å². The number of nitrogens with zero attached hydrogens (tertiary/aromatic N) is 1. The van der Waals surface area contributed by atoms with Crippen LogP contribution in [-0.4, -0.2) is 4.98 Å². The minimum Gasteiger partial charge on any atom is -0.407 e. The Kier molecular flexibility index (Phi) is 1.85. The molecule has 0 amide bonds. The van der Waals surface area contributed by atoms with Gasteiger partial charge in [-0.2, -0.15) is 0 Å². The van der Waals surface area contributed by atoms with Gasteiger partial charge in [0.1, 0.15) is 10.2 Å². The summed E-state index contributed by atoms with van der Waals surface area (Å²) in [4.78, 5) is 18.9. The molecule has 0 aromatic carbocycles. The minimum atomic E-state index is -0.163. The zero-order valence-corrected chi connectivity index (χ0v) is 10.5. The fourth-order valence-corrected chi connectivity index (χ4v) is 4.02. The molecule has 0 spiro atoms. The Morgan fingerprint density at radius 3 is 3.00 bits per heavy atom. The summed E-state index contributed by atoms with van der Waals surface area (Å²) in [6.07, 6.45) is 4.39. The molecule has 4 rings (SSSR count). The van der Waals surface area contributed by atoms with Crippen molar-refractivity contribution in [3.05, 3.63) is 26.8 Å². The van der Waals surface area contributed by atoms with Gasteiger partial charge < -0.3 is 4.42 Å². The van der Waals surface area contributed by atoms with Crippen molar-refractivity contribution in [1.29, 1.82) is 0 Å². The molecule has 0 N–H and O–H groups in total. The van der Waals surface area contributed by atoms with E-state index in [1.165, 1.54) is 10.4 Å². The normalized spacial score (nSPS) is 26.4. The summed E-state index contributed by atoms with van der Waals surface area (Å²) in [5.74, 6) is 1.66. The van der Waals surface area contributed by atoms with Crippen LogP contribution in [0.4, 0.5) is 0 Å². The number of aryl methyl sites for hydroxylation is 2. The molecule has 4 heteroatoms. The van der Waals surface area contributed by atoms with Gasteiger partial charge in [0, 0.05) is 10.8 Å². The number of hydrogen-bond acceptors (Lipinski definition) is 4. The molecule has 0 radical (unpaired) electrons. The van der Waals surface area contributed by atoms with Crippen molar-refractivity contribution in [2.24, 2.45) is 5.92 Å². The molecule has 2 heterocycles. The van der Waals surface area contributed by atoms with E-state index in [0.717, 1.165) is 35.9 Å². The highest BCUT2D eigenvalue weighted by molar-refractivity contribution is 7.18. The van der Waals surface area contributed by atoms with Crippen molar-refractivity contribution in [1.82, 2.24) is 4.98 Å². The van der Waals surface area contributed by atoms with Crippen LogP contribution in [0.3, 0.4) is 0 Å². The zero-order valence-electron chi connectivity index (χ0n) is 9.66. The third kappa shape index (κ3) is 1.33. The van der Waals surface area contributed by atoms with E-state index in [9.17, 15) is 4.79 Å². The molecule has 3 nitrogen and oxygen atoms in total. The average Bonchev–Trinajstić information content (AvgIpc) is 2.72. The minimum absolute atomic E-state index is 0.163. The van der Waals surface area contributed by atoms with E-state index >= 15 is 0 Å².